The SMILES string of the molecule is CCCC/C=C\CCCCCCCC(=O)O[C@H](COC(=O)CCCCCCC/C=C\C=C\C(=O)CCCCC)COP(=O)(O)OCC[N+](C)(C)C. The first-order chi connectivity index (χ1) is 24.4. The van der Waals surface area contributed by atoms with Gasteiger partial charge in [-0.1, -0.05) is 108 Å². The number of unbranched alkanes of at least 4 members (excludes halogenated alkanes) is 14. The summed E-state index contributed by atoms with van der Waals surface area (Å²) in [6.45, 7) is 4.14. The van der Waals surface area contributed by atoms with Gasteiger partial charge in [-0.3, -0.25) is 23.4 Å². The van der Waals surface area contributed by atoms with Crippen molar-refractivity contribution in [3.8, 4) is 0 Å². The average Bonchev–Trinajstić information content (AvgIpc) is 3.06. The molecule has 10 nitrogen and oxygen atoms in total. The van der Waals surface area contributed by atoms with E-state index in [1.54, 1.807) is 6.08 Å². The molecule has 1 N–H and O–H groups in total. The van der Waals surface area contributed by atoms with Crippen molar-refractivity contribution in [2.45, 2.75) is 155 Å². The monoisotopic (exact) mass is 743 g/mol. The van der Waals surface area contributed by atoms with Crippen LogP contribution in [0.25, 0.3) is 0 Å². The summed E-state index contributed by atoms with van der Waals surface area (Å²) in [6, 6.07) is 0. The minimum Gasteiger partial charge on any atom is -0.462 e. The molecule has 0 aromatic carbocycles. The average molecular weight is 743 g/mol. The fourth-order valence-electron chi connectivity index (χ4n) is 4.92. The maximum absolute atomic E-state index is 12.6. The van der Waals surface area contributed by atoms with Crippen molar-refractivity contribution in [1.82, 2.24) is 0 Å². The second kappa shape index (κ2) is 32.5. The number of hydrogen-bond donors (Lipinski definition) is 1. The molecule has 2 atom stereocenters. The van der Waals surface area contributed by atoms with Gasteiger partial charge in [-0.2, -0.15) is 0 Å². The molecule has 0 aliphatic rings. The van der Waals surface area contributed by atoms with Crippen molar-refractivity contribution in [3.05, 3.63) is 36.5 Å². The number of esters is 2. The molecule has 0 aromatic rings. The Morgan fingerprint density at radius 3 is 1.82 bits per heavy atom. The van der Waals surface area contributed by atoms with Crippen LogP contribution in [0.15, 0.2) is 36.5 Å². The summed E-state index contributed by atoms with van der Waals surface area (Å²) in [7, 11) is 1.42. The first kappa shape index (κ1) is 48.9. The molecule has 0 radical (unpaired) electrons. The molecule has 0 aromatic heterocycles. The fraction of sp³-hybridized carbons (Fsp3) is 0.775. The normalized spacial score (nSPS) is 14.0. The van der Waals surface area contributed by atoms with E-state index in [0.717, 1.165) is 89.9 Å². The van der Waals surface area contributed by atoms with Gasteiger partial charge in [0.25, 0.3) is 0 Å². The Kier molecular flexibility index (Phi) is 31.2. The van der Waals surface area contributed by atoms with Crippen LogP contribution in [-0.4, -0.2) is 80.7 Å². The smallest absolute Gasteiger partial charge is 0.462 e. The molecule has 0 aliphatic carbocycles. The van der Waals surface area contributed by atoms with Crippen LogP contribution in [0.4, 0.5) is 0 Å². The number of phosphoric acid groups is 1. The summed E-state index contributed by atoms with van der Waals surface area (Å²) in [6.07, 6.45) is 30.3. The lowest BCUT2D eigenvalue weighted by Gasteiger charge is -2.24. The number of carbonyl (C=O) groups is 3. The summed E-state index contributed by atoms with van der Waals surface area (Å²) < 4.78 is 34.1. The summed E-state index contributed by atoms with van der Waals surface area (Å²) in [5.74, 6) is -0.697. The van der Waals surface area contributed by atoms with Crippen LogP contribution >= 0.6 is 7.82 Å². The molecule has 0 bridgehead atoms. The van der Waals surface area contributed by atoms with E-state index in [4.69, 9.17) is 18.5 Å². The zero-order chi connectivity index (χ0) is 38.1. The van der Waals surface area contributed by atoms with Gasteiger partial charge in [0.05, 0.1) is 27.7 Å². The number of nitrogens with zero attached hydrogens (tertiary/aromatic N) is 1. The number of likely N-dealkylation sites (N-methyl/N-ethyl adjacent to an activating group) is 1. The van der Waals surface area contributed by atoms with Crippen molar-refractivity contribution in [2.24, 2.45) is 0 Å². The summed E-state index contributed by atoms with van der Waals surface area (Å²) in [5.41, 5.74) is 0. The van der Waals surface area contributed by atoms with Gasteiger partial charge in [0.1, 0.15) is 19.8 Å². The molecule has 0 saturated carbocycles. The van der Waals surface area contributed by atoms with Crippen LogP contribution in [0.1, 0.15) is 149 Å². The Labute approximate surface area is 310 Å². The predicted octanol–water partition coefficient (Wildman–Crippen LogP) is 9.75. The van der Waals surface area contributed by atoms with Crippen LogP contribution in [0, 0.1) is 0 Å². The van der Waals surface area contributed by atoms with Gasteiger partial charge in [0.15, 0.2) is 11.9 Å². The number of hydrogen-bond acceptors (Lipinski definition) is 8. The van der Waals surface area contributed by atoms with Crippen LogP contribution in [0.3, 0.4) is 0 Å². The Hall–Kier alpha value is -2.10. The lowest BCUT2D eigenvalue weighted by Crippen LogP contribution is -2.37. The molecule has 296 valence electrons. The highest BCUT2D eigenvalue weighted by Crippen LogP contribution is 2.43. The van der Waals surface area contributed by atoms with Crippen molar-refractivity contribution in [3.63, 3.8) is 0 Å². The number of rotatable bonds is 35. The Balaban J connectivity index is 4.49. The highest BCUT2D eigenvalue weighted by Gasteiger charge is 2.27. The Bertz CT molecular complexity index is 1040. The summed E-state index contributed by atoms with van der Waals surface area (Å²) in [4.78, 5) is 46.9. The lowest BCUT2D eigenvalue weighted by atomic mass is 10.1. The third-order valence-corrected chi connectivity index (χ3v) is 9.10. The van der Waals surface area contributed by atoms with E-state index in [-0.39, 0.29) is 31.8 Å². The van der Waals surface area contributed by atoms with E-state index >= 15 is 0 Å². The molecular weight excluding hydrogens is 669 g/mol. The molecule has 0 rings (SSSR count). The Morgan fingerprint density at radius 1 is 0.647 bits per heavy atom. The predicted molar refractivity (Wildman–Crippen MR) is 206 cm³/mol. The van der Waals surface area contributed by atoms with Crippen molar-refractivity contribution in [2.75, 3.05) is 47.5 Å². The molecule has 0 fully saturated rings. The van der Waals surface area contributed by atoms with E-state index in [1.165, 1.54) is 12.8 Å². The quantitative estimate of drug-likeness (QED) is 0.0128. The highest BCUT2D eigenvalue weighted by molar-refractivity contribution is 7.47. The zero-order valence-electron chi connectivity index (χ0n) is 32.8. The van der Waals surface area contributed by atoms with E-state index < -0.39 is 32.5 Å². The molecule has 11 heteroatoms. The van der Waals surface area contributed by atoms with Gasteiger partial charge < -0.3 is 18.9 Å². The number of carbonyl (C=O) groups excluding carboxylic acids is 3. The van der Waals surface area contributed by atoms with Crippen LogP contribution in [0.5, 0.6) is 0 Å². The van der Waals surface area contributed by atoms with E-state index in [1.807, 2.05) is 33.3 Å². The second-order valence-corrected chi connectivity index (χ2v) is 15.8. The third kappa shape index (κ3) is 36.1. The molecule has 0 spiro atoms. The van der Waals surface area contributed by atoms with Gasteiger partial charge >= 0.3 is 19.8 Å². The van der Waals surface area contributed by atoms with Gasteiger partial charge in [-0.25, -0.2) is 4.57 Å². The highest BCUT2D eigenvalue weighted by atomic mass is 31.2. The molecule has 0 saturated heterocycles. The third-order valence-electron chi connectivity index (χ3n) is 8.12. The largest absolute Gasteiger partial charge is 0.472 e. The molecule has 0 aliphatic heterocycles. The molecule has 0 amide bonds. The minimum atomic E-state index is -4.39. The van der Waals surface area contributed by atoms with Crippen LogP contribution in [0.2, 0.25) is 0 Å². The molecular formula is C40H73NO9P+. The van der Waals surface area contributed by atoms with Crippen molar-refractivity contribution < 1.29 is 46.8 Å². The van der Waals surface area contributed by atoms with Crippen molar-refractivity contribution in [1.29, 1.82) is 0 Å². The van der Waals surface area contributed by atoms with E-state index in [0.29, 0.717) is 30.3 Å². The number of quaternary nitrogens is 1. The van der Waals surface area contributed by atoms with Crippen LogP contribution in [-0.2, 0) is 37.5 Å². The second-order valence-electron chi connectivity index (χ2n) is 14.3. The number of allylic oxidation sites excluding steroid dienone is 6. The maximum Gasteiger partial charge on any atom is 0.472 e. The Morgan fingerprint density at radius 2 is 1.20 bits per heavy atom. The van der Waals surface area contributed by atoms with Crippen LogP contribution < -0.4 is 0 Å². The molecule has 51 heavy (non-hydrogen) atoms. The standard InChI is InChI=1S/C40H72NO9P/c1-6-8-10-11-12-13-14-17-21-24-28-32-40(44)50-38(36-49-51(45,46)48-34-33-41(3,4)5)35-47-39(43)31-27-23-20-18-15-16-19-22-26-30-37(42)29-25-9-7-2/h11-12,19,22,26,30,38H,6-10,13-18,20-21,23-25,27-29,31-36H2,1-5H3/p+1/b12-11-,22-19-,30-26+/t38-/m1/s1. The lowest BCUT2D eigenvalue weighted by molar-refractivity contribution is -0.870. The molecule has 0 heterocycles. The zero-order valence-corrected chi connectivity index (χ0v) is 33.7. The summed E-state index contributed by atoms with van der Waals surface area (Å²) in [5, 5.41) is 0. The number of ether oxygens (including phenoxy) is 2. The van der Waals surface area contributed by atoms with E-state index in [2.05, 4.69) is 32.1 Å². The topological polar surface area (TPSA) is 125 Å². The van der Waals surface area contributed by atoms with Crippen molar-refractivity contribution >= 4 is 25.5 Å². The first-order valence-corrected chi connectivity index (χ1v) is 21.2. The summed E-state index contributed by atoms with van der Waals surface area (Å²) >= 11 is 0. The number of phosphoric ester groups is 1. The number of ketones is 1. The molecule has 1 unspecified atom stereocenters. The van der Waals surface area contributed by atoms with Gasteiger partial charge in [-0.15, -0.1) is 0 Å². The van der Waals surface area contributed by atoms with Gasteiger partial charge in [0.2, 0.25) is 0 Å². The van der Waals surface area contributed by atoms with Gasteiger partial charge in [0, 0.05) is 19.3 Å². The minimum absolute atomic E-state index is 0.0152. The maximum atomic E-state index is 12.6. The van der Waals surface area contributed by atoms with E-state index in [9.17, 15) is 23.8 Å². The first-order valence-electron chi connectivity index (χ1n) is 19.7. The van der Waals surface area contributed by atoms with Gasteiger partial charge in [-0.05, 0) is 57.4 Å². The fourth-order valence-corrected chi connectivity index (χ4v) is 5.66.